The summed E-state index contributed by atoms with van der Waals surface area (Å²) >= 11 is 0. The molecule has 1 amide bonds. The van der Waals surface area contributed by atoms with Crippen LogP contribution in [-0.4, -0.2) is 28.3 Å². The van der Waals surface area contributed by atoms with E-state index in [-0.39, 0.29) is 18.4 Å². The van der Waals surface area contributed by atoms with Crippen molar-refractivity contribution in [3.63, 3.8) is 0 Å². The summed E-state index contributed by atoms with van der Waals surface area (Å²) in [6, 6.07) is 7.30. The van der Waals surface area contributed by atoms with Crippen LogP contribution in [0.5, 0.6) is 5.75 Å². The van der Waals surface area contributed by atoms with Crippen molar-refractivity contribution in [2.45, 2.75) is 33.2 Å². The van der Waals surface area contributed by atoms with Crippen LogP contribution in [0.3, 0.4) is 0 Å². The van der Waals surface area contributed by atoms with Gasteiger partial charge in [0.15, 0.2) is 5.76 Å². The Morgan fingerprint density at radius 3 is 2.58 bits per heavy atom. The number of amides is 1. The number of aromatic nitrogens is 3. The smallest absolute Gasteiger partial charge is 0.257 e. The van der Waals surface area contributed by atoms with Gasteiger partial charge in [-0.25, -0.2) is 0 Å². The van der Waals surface area contributed by atoms with Crippen molar-refractivity contribution >= 4 is 5.91 Å². The third kappa shape index (κ3) is 3.58. The van der Waals surface area contributed by atoms with Crippen LogP contribution in [0.25, 0.3) is 11.4 Å². The lowest BCUT2D eigenvalue weighted by Gasteiger charge is -2.05. The largest absolute Gasteiger partial charge is 0.497 e. The quantitative estimate of drug-likeness (QED) is 0.724. The van der Waals surface area contributed by atoms with Crippen molar-refractivity contribution in [2.75, 3.05) is 7.11 Å². The van der Waals surface area contributed by atoms with Gasteiger partial charge in [-0.05, 0) is 31.2 Å². The minimum atomic E-state index is -0.281. The van der Waals surface area contributed by atoms with Crippen molar-refractivity contribution in [2.24, 2.45) is 0 Å². The number of carbonyl (C=O) groups excluding carboxylic acids is 1. The lowest BCUT2D eigenvalue weighted by Crippen LogP contribution is -2.24. The van der Waals surface area contributed by atoms with Crippen LogP contribution in [0.2, 0.25) is 0 Å². The van der Waals surface area contributed by atoms with Crippen LogP contribution in [-0.2, 0) is 6.54 Å². The number of nitrogens with one attached hydrogen (secondary N) is 1. The van der Waals surface area contributed by atoms with Gasteiger partial charge in [0.2, 0.25) is 11.7 Å². The summed E-state index contributed by atoms with van der Waals surface area (Å²) in [4.78, 5) is 16.8. The Labute approximate surface area is 150 Å². The molecule has 0 aliphatic carbocycles. The van der Waals surface area contributed by atoms with E-state index in [4.69, 9.17) is 13.8 Å². The summed E-state index contributed by atoms with van der Waals surface area (Å²) < 4.78 is 15.6. The predicted molar refractivity (Wildman–Crippen MR) is 92.8 cm³/mol. The van der Waals surface area contributed by atoms with Crippen LogP contribution in [0, 0.1) is 6.92 Å². The van der Waals surface area contributed by atoms with E-state index in [2.05, 4.69) is 20.6 Å². The molecule has 0 atom stereocenters. The Hall–Kier alpha value is -3.16. The van der Waals surface area contributed by atoms with Crippen LogP contribution in [0.15, 0.2) is 33.3 Å². The number of hydrogen-bond acceptors (Lipinski definition) is 7. The van der Waals surface area contributed by atoms with Gasteiger partial charge in [-0.3, -0.25) is 4.79 Å². The first kappa shape index (κ1) is 17.7. The maximum absolute atomic E-state index is 12.5. The summed E-state index contributed by atoms with van der Waals surface area (Å²) in [7, 11) is 1.60. The van der Waals surface area contributed by atoms with E-state index in [1.165, 1.54) is 0 Å². The fourth-order valence-corrected chi connectivity index (χ4v) is 2.49. The Balaban J connectivity index is 1.68. The second-order valence-corrected chi connectivity index (χ2v) is 6.08. The number of carbonyl (C=O) groups is 1. The van der Waals surface area contributed by atoms with Gasteiger partial charge in [-0.15, -0.1) is 0 Å². The van der Waals surface area contributed by atoms with Gasteiger partial charge in [0.05, 0.1) is 19.3 Å². The molecule has 0 saturated heterocycles. The molecule has 0 spiro atoms. The molecular formula is C18H20N4O4. The predicted octanol–water partition coefficient (Wildman–Crippen LogP) is 3.10. The Kier molecular flexibility index (Phi) is 5.01. The highest BCUT2D eigenvalue weighted by atomic mass is 16.5. The molecule has 2 heterocycles. The number of ether oxygens (including phenoxy) is 1. The van der Waals surface area contributed by atoms with Crippen molar-refractivity contribution in [1.29, 1.82) is 0 Å². The van der Waals surface area contributed by atoms with Gasteiger partial charge in [0.1, 0.15) is 11.3 Å². The average molecular weight is 356 g/mol. The standard InChI is InChI=1S/C18H20N4O4/c1-10(2)16-15(11(3)21-26-16)18(23)19-9-14-20-17(22-25-14)12-5-7-13(24-4)8-6-12/h5-8,10H,9H2,1-4H3,(H,19,23). The normalized spacial score (nSPS) is 11.0. The van der Waals surface area contributed by atoms with Gasteiger partial charge in [-0.2, -0.15) is 4.98 Å². The molecule has 0 fully saturated rings. The Morgan fingerprint density at radius 2 is 1.92 bits per heavy atom. The zero-order valence-electron chi connectivity index (χ0n) is 15.1. The molecule has 0 aliphatic rings. The lowest BCUT2D eigenvalue weighted by molar-refractivity contribution is 0.0943. The number of benzene rings is 1. The van der Waals surface area contributed by atoms with E-state index >= 15 is 0 Å². The second-order valence-electron chi connectivity index (χ2n) is 6.08. The summed E-state index contributed by atoms with van der Waals surface area (Å²) in [5.74, 6) is 1.84. The van der Waals surface area contributed by atoms with Crippen LogP contribution >= 0.6 is 0 Å². The molecule has 3 aromatic rings. The fraction of sp³-hybridized carbons (Fsp3) is 0.333. The van der Waals surface area contributed by atoms with Gasteiger partial charge in [0.25, 0.3) is 5.91 Å². The summed E-state index contributed by atoms with van der Waals surface area (Å²) in [6.07, 6.45) is 0. The molecule has 0 aliphatic heterocycles. The number of rotatable bonds is 6. The minimum Gasteiger partial charge on any atom is -0.497 e. The highest BCUT2D eigenvalue weighted by Crippen LogP contribution is 2.22. The number of nitrogens with zero attached hydrogens (tertiary/aromatic N) is 3. The van der Waals surface area contributed by atoms with Gasteiger partial charge >= 0.3 is 0 Å². The lowest BCUT2D eigenvalue weighted by atomic mass is 10.0. The highest BCUT2D eigenvalue weighted by molar-refractivity contribution is 5.96. The number of hydrogen-bond donors (Lipinski definition) is 1. The van der Waals surface area contributed by atoms with E-state index in [0.717, 1.165) is 11.3 Å². The highest BCUT2D eigenvalue weighted by Gasteiger charge is 2.22. The second kappa shape index (κ2) is 7.38. The molecule has 0 unspecified atom stereocenters. The molecule has 1 N–H and O–H groups in total. The topological polar surface area (TPSA) is 103 Å². The van der Waals surface area contributed by atoms with Crippen molar-refractivity contribution in [1.82, 2.24) is 20.6 Å². The molecule has 136 valence electrons. The molecule has 2 aromatic heterocycles. The maximum Gasteiger partial charge on any atom is 0.257 e. The maximum atomic E-state index is 12.5. The van der Waals surface area contributed by atoms with E-state index in [0.29, 0.717) is 28.7 Å². The Morgan fingerprint density at radius 1 is 1.19 bits per heavy atom. The number of methoxy groups -OCH3 is 1. The van der Waals surface area contributed by atoms with Gasteiger partial charge < -0.3 is 19.1 Å². The average Bonchev–Trinajstić information content (AvgIpc) is 3.26. The molecule has 0 radical (unpaired) electrons. The van der Waals surface area contributed by atoms with E-state index in [1.807, 2.05) is 38.1 Å². The van der Waals surface area contributed by atoms with Gasteiger partial charge in [0, 0.05) is 11.5 Å². The zero-order chi connectivity index (χ0) is 18.7. The first-order valence-electron chi connectivity index (χ1n) is 8.21. The molecule has 3 rings (SSSR count). The zero-order valence-corrected chi connectivity index (χ0v) is 15.1. The molecule has 26 heavy (non-hydrogen) atoms. The van der Waals surface area contributed by atoms with Crippen LogP contribution in [0.1, 0.15) is 47.5 Å². The van der Waals surface area contributed by atoms with E-state index in [1.54, 1.807) is 14.0 Å². The molecule has 8 heteroatoms. The minimum absolute atomic E-state index is 0.0574. The Bertz CT molecular complexity index is 896. The van der Waals surface area contributed by atoms with E-state index < -0.39 is 0 Å². The molecule has 1 aromatic carbocycles. The summed E-state index contributed by atoms with van der Waals surface area (Å²) in [6.45, 7) is 5.73. The van der Waals surface area contributed by atoms with Gasteiger partial charge in [-0.1, -0.05) is 24.2 Å². The molecular weight excluding hydrogens is 336 g/mol. The number of aryl methyl sites for hydroxylation is 1. The van der Waals surface area contributed by atoms with Crippen LogP contribution in [0.4, 0.5) is 0 Å². The third-order valence-corrected chi connectivity index (χ3v) is 3.86. The van der Waals surface area contributed by atoms with Crippen molar-refractivity contribution in [3.8, 4) is 17.1 Å². The monoisotopic (exact) mass is 356 g/mol. The van der Waals surface area contributed by atoms with Crippen molar-refractivity contribution in [3.05, 3.63) is 47.2 Å². The van der Waals surface area contributed by atoms with Crippen molar-refractivity contribution < 1.29 is 18.6 Å². The van der Waals surface area contributed by atoms with E-state index in [9.17, 15) is 4.79 Å². The first-order valence-corrected chi connectivity index (χ1v) is 8.21. The fourth-order valence-electron chi connectivity index (χ4n) is 2.49. The third-order valence-electron chi connectivity index (χ3n) is 3.86. The first-order chi connectivity index (χ1) is 12.5. The summed E-state index contributed by atoms with van der Waals surface area (Å²) in [5.41, 5.74) is 1.80. The molecule has 0 saturated carbocycles. The molecule has 8 nitrogen and oxygen atoms in total. The summed E-state index contributed by atoms with van der Waals surface area (Å²) in [5, 5.41) is 10.6. The van der Waals surface area contributed by atoms with Crippen LogP contribution < -0.4 is 10.1 Å². The SMILES string of the molecule is COc1ccc(-c2noc(CNC(=O)c3c(C)noc3C(C)C)n2)cc1. The molecule has 0 bridgehead atoms.